The molecule has 0 radical (unpaired) electrons. The van der Waals surface area contributed by atoms with Crippen LogP contribution >= 0.6 is 27.7 Å². The van der Waals surface area contributed by atoms with Gasteiger partial charge in [-0.1, -0.05) is 58.0 Å². The average molecular weight is 420 g/mol. The second kappa shape index (κ2) is 8.06. The van der Waals surface area contributed by atoms with E-state index < -0.39 is 0 Å². The Morgan fingerprint density at radius 3 is 2.60 bits per heavy atom. The number of carbonyl (C=O) groups excluding carboxylic acids is 2. The zero-order valence-corrected chi connectivity index (χ0v) is 16.2. The van der Waals surface area contributed by atoms with Gasteiger partial charge in [0.2, 0.25) is 5.91 Å². The van der Waals surface area contributed by atoms with E-state index in [4.69, 9.17) is 4.74 Å². The highest BCUT2D eigenvalue weighted by Gasteiger charge is 2.38. The molecular weight excluding hydrogens is 402 g/mol. The Hall–Kier alpha value is -1.79. The third-order valence-electron chi connectivity index (χ3n) is 3.99. The molecule has 0 aromatic heterocycles. The molecule has 0 aliphatic carbocycles. The number of carbonyl (C=O) groups is 2. The third kappa shape index (κ3) is 4.25. The number of ether oxygens (including phenoxy) is 1. The standard InChI is InChI=1S/C19H18BrNO3S/c1-2-21-18(22)17(25-19(21)23)11-14-10-15(20)8-9-16(14)24-12-13-6-4-3-5-7-13/h3-10,17H,2,11-12H2,1H3/t17-/m1/s1. The molecule has 0 saturated carbocycles. The molecule has 1 atom stereocenters. The van der Waals surface area contributed by atoms with Gasteiger partial charge in [-0.05, 0) is 42.7 Å². The molecule has 0 bridgehead atoms. The van der Waals surface area contributed by atoms with E-state index in [1.807, 2.05) is 55.5 Å². The lowest BCUT2D eigenvalue weighted by atomic mass is 10.1. The van der Waals surface area contributed by atoms with Crippen LogP contribution in [0.2, 0.25) is 0 Å². The average Bonchev–Trinajstić information content (AvgIpc) is 2.88. The molecule has 1 fully saturated rings. The van der Waals surface area contributed by atoms with Crippen LogP contribution < -0.4 is 4.74 Å². The maximum absolute atomic E-state index is 12.4. The Morgan fingerprint density at radius 2 is 1.92 bits per heavy atom. The highest BCUT2D eigenvalue weighted by Crippen LogP contribution is 2.33. The summed E-state index contributed by atoms with van der Waals surface area (Å²) in [4.78, 5) is 25.6. The lowest BCUT2D eigenvalue weighted by Gasteiger charge is -2.15. The van der Waals surface area contributed by atoms with E-state index in [9.17, 15) is 9.59 Å². The van der Waals surface area contributed by atoms with Gasteiger partial charge in [0.15, 0.2) is 0 Å². The van der Waals surface area contributed by atoms with Gasteiger partial charge in [0.25, 0.3) is 5.24 Å². The summed E-state index contributed by atoms with van der Waals surface area (Å²) >= 11 is 4.57. The van der Waals surface area contributed by atoms with Crippen LogP contribution in [0.5, 0.6) is 5.75 Å². The molecule has 2 amide bonds. The lowest BCUT2D eigenvalue weighted by molar-refractivity contribution is -0.126. The number of halogens is 1. The van der Waals surface area contributed by atoms with Gasteiger partial charge in [0.1, 0.15) is 12.4 Å². The molecule has 1 saturated heterocycles. The Balaban J connectivity index is 1.75. The predicted octanol–water partition coefficient (Wildman–Crippen LogP) is 4.65. The number of hydrogen-bond donors (Lipinski definition) is 0. The highest BCUT2D eigenvalue weighted by atomic mass is 79.9. The number of thioether (sulfide) groups is 1. The molecular formula is C19H18BrNO3S. The van der Waals surface area contributed by atoms with E-state index >= 15 is 0 Å². The van der Waals surface area contributed by atoms with Crippen LogP contribution in [0.25, 0.3) is 0 Å². The number of rotatable bonds is 6. The zero-order valence-electron chi connectivity index (χ0n) is 13.8. The predicted molar refractivity (Wildman–Crippen MR) is 103 cm³/mol. The Labute approximate surface area is 159 Å². The van der Waals surface area contributed by atoms with Crippen molar-refractivity contribution in [1.29, 1.82) is 0 Å². The molecule has 1 aliphatic rings. The van der Waals surface area contributed by atoms with Crippen molar-refractivity contribution in [2.75, 3.05) is 6.54 Å². The fourth-order valence-electron chi connectivity index (χ4n) is 2.70. The van der Waals surface area contributed by atoms with Crippen molar-refractivity contribution in [3.63, 3.8) is 0 Å². The monoisotopic (exact) mass is 419 g/mol. The van der Waals surface area contributed by atoms with Gasteiger partial charge < -0.3 is 4.74 Å². The summed E-state index contributed by atoms with van der Waals surface area (Å²) in [5.41, 5.74) is 2.00. The Bertz CT molecular complexity index is 781. The topological polar surface area (TPSA) is 46.6 Å². The van der Waals surface area contributed by atoms with Crippen molar-refractivity contribution in [1.82, 2.24) is 4.90 Å². The first kappa shape index (κ1) is 18.0. The van der Waals surface area contributed by atoms with Crippen molar-refractivity contribution in [2.45, 2.75) is 25.2 Å². The maximum Gasteiger partial charge on any atom is 0.289 e. The number of amides is 2. The van der Waals surface area contributed by atoms with Gasteiger partial charge in [-0.25, -0.2) is 0 Å². The van der Waals surface area contributed by atoms with Gasteiger partial charge >= 0.3 is 0 Å². The smallest absolute Gasteiger partial charge is 0.289 e. The van der Waals surface area contributed by atoms with E-state index in [2.05, 4.69) is 15.9 Å². The molecule has 0 N–H and O–H groups in total. The zero-order chi connectivity index (χ0) is 17.8. The maximum atomic E-state index is 12.4. The molecule has 3 rings (SSSR count). The fourth-order valence-corrected chi connectivity index (χ4v) is 4.19. The summed E-state index contributed by atoms with van der Waals surface area (Å²) in [6, 6.07) is 15.7. The van der Waals surface area contributed by atoms with Crippen LogP contribution in [0, 0.1) is 0 Å². The van der Waals surface area contributed by atoms with Crippen molar-refractivity contribution >= 4 is 38.8 Å². The molecule has 1 aliphatic heterocycles. The van der Waals surface area contributed by atoms with Gasteiger partial charge in [0, 0.05) is 11.0 Å². The number of benzene rings is 2. The molecule has 6 heteroatoms. The minimum absolute atomic E-state index is 0.119. The summed E-state index contributed by atoms with van der Waals surface area (Å²) in [6.07, 6.45) is 0.468. The quantitative estimate of drug-likeness (QED) is 0.683. The first-order valence-electron chi connectivity index (χ1n) is 8.05. The number of nitrogens with zero attached hydrogens (tertiary/aromatic N) is 1. The van der Waals surface area contributed by atoms with Crippen molar-refractivity contribution in [3.8, 4) is 5.75 Å². The highest BCUT2D eigenvalue weighted by molar-refractivity contribution is 9.10. The molecule has 4 nitrogen and oxygen atoms in total. The summed E-state index contributed by atoms with van der Waals surface area (Å²) < 4.78 is 6.88. The molecule has 0 unspecified atom stereocenters. The lowest BCUT2D eigenvalue weighted by Crippen LogP contribution is -2.31. The first-order valence-corrected chi connectivity index (χ1v) is 9.73. The van der Waals surface area contributed by atoms with Gasteiger partial charge in [-0.3, -0.25) is 14.5 Å². The molecule has 2 aromatic carbocycles. The largest absolute Gasteiger partial charge is 0.489 e. The summed E-state index contributed by atoms with van der Waals surface area (Å²) in [5.74, 6) is 0.620. The summed E-state index contributed by atoms with van der Waals surface area (Å²) in [7, 11) is 0. The minimum atomic E-state index is -0.388. The number of hydrogen-bond acceptors (Lipinski definition) is 4. The van der Waals surface area contributed by atoms with Crippen LogP contribution in [-0.4, -0.2) is 27.8 Å². The van der Waals surface area contributed by atoms with E-state index in [-0.39, 0.29) is 16.4 Å². The van der Waals surface area contributed by atoms with E-state index in [1.165, 1.54) is 4.90 Å². The van der Waals surface area contributed by atoms with E-state index in [0.29, 0.717) is 19.6 Å². The summed E-state index contributed by atoms with van der Waals surface area (Å²) in [5, 5.41) is -0.555. The third-order valence-corrected chi connectivity index (χ3v) is 5.55. The number of imide groups is 1. The second-order valence-electron chi connectivity index (χ2n) is 5.69. The van der Waals surface area contributed by atoms with Crippen LogP contribution in [0.15, 0.2) is 53.0 Å². The second-order valence-corrected chi connectivity index (χ2v) is 7.75. The van der Waals surface area contributed by atoms with Crippen LogP contribution in [0.3, 0.4) is 0 Å². The SMILES string of the molecule is CCN1C(=O)S[C@H](Cc2cc(Br)ccc2OCc2ccccc2)C1=O. The van der Waals surface area contributed by atoms with Gasteiger partial charge in [0.05, 0.1) is 5.25 Å². The molecule has 2 aromatic rings. The fraction of sp³-hybridized carbons (Fsp3) is 0.263. The van der Waals surface area contributed by atoms with Gasteiger partial charge in [-0.15, -0.1) is 0 Å². The van der Waals surface area contributed by atoms with E-state index in [1.54, 1.807) is 0 Å². The molecule has 0 spiro atoms. The van der Waals surface area contributed by atoms with E-state index in [0.717, 1.165) is 33.1 Å². The van der Waals surface area contributed by atoms with Crippen molar-refractivity contribution in [3.05, 3.63) is 64.1 Å². The van der Waals surface area contributed by atoms with Crippen LogP contribution in [0.4, 0.5) is 4.79 Å². The Kier molecular flexibility index (Phi) is 5.81. The normalized spacial score (nSPS) is 17.2. The Morgan fingerprint density at radius 1 is 1.16 bits per heavy atom. The molecule has 25 heavy (non-hydrogen) atoms. The summed E-state index contributed by atoms with van der Waals surface area (Å²) in [6.45, 7) is 2.69. The van der Waals surface area contributed by atoms with Crippen molar-refractivity contribution in [2.24, 2.45) is 0 Å². The molecule has 1 heterocycles. The molecule has 130 valence electrons. The first-order chi connectivity index (χ1) is 12.1. The van der Waals surface area contributed by atoms with Gasteiger partial charge in [-0.2, -0.15) is 0 Å². The van der Waals surface area contributed by atoms with Crippen molar-refractivity contribution < 1.29 is 14.3 Å². The minimum Gasteiger partial charge on any atom is -0.489 e. The van der Waals surface area contributed by atoms with Crippen LogP contribution in [-0.2, 0) is 17.8 Å². The van der Waals surface area contributed by atoms with Crippen LogP contribution in [0.1, 0.15) is 18.1 Å².